The van der Waals surface area contributed by atoms with Crippen LogP contribution in [0.1, 0.15) is 39.2 Å². The molecule has 146 valence electrons. The molecule has 0 atom stereocenters. The van der Waals surface area contributed by atoms with Crippen LogP contribution in [0.25, 0.3) is 6.08 Å². The average Bonchev–Trinajstić information content (AvgIpc) is 3.43. The van der Waals surface area contributed by atoms with Crippen molar-refractivity contribution in [2.75, 3.05) is 0 Å². The van der Waals surface area contributed by atoms with E-state index in [9.17, 15) is 9.59 Å². The number of aryl methyl sites for hydroxylation is 2. The second kappa shape index (κ2) is 8.61. The summed E-state index contributed by atoms with van der Waals surface area (Å²) >= 11 is 0. The van der Waals surface area contributed by atoms with E-state index >= 15 is 0 Å². The van der Waals surface area contributed by atoms with Crippen LogP contribution in [0.5, 0.6) is 0 Å². The predicted molar refractivity (Wildman–Crippen MR) is 111 cm³/mol. The fraction of sp³-hybridized carbons (Fsp3) is 0.167. The Labute approximate surface area is 169 Å². The van der Waals surface area contributed by atoms with Crippen molar-refractivity contribution in [1.82, 2.24) is 10.6 Å². The van der Waals surface area contributed by atoms with Gasteiger partial charge < -0.3 is 15.1 Å². The number of hydrogen-bond acceptors (Lipinski definition) is 3. The van der Waals surface area contributed by atoms with Crippen LogP contribution in [0.2, 0.25) is 0 Å². The van der Waals surface area contributed by atoms with Gasteiger partial charge in [0.15, 0.2) is 0 Å². The molecule has 0 fully saturated rings. The van der Waals surface area contributed by atoms with Gasteiger partial charge in [0.25, 0.3) is 11.8 Å². The Bertz CT molecular complexity index is 1040. The third-order valence-electron chi connectivity index (χ3n) is 4.97. The lowest BCUT2D eigenvalue weighted by Gasteiger charge is -2.11. The minimum Gasteiger partial charge on any atom is -0.465 e. The molecular formula is C24H22N2O3. The first-order valence-electron chi connectivity index (χ1n) is 9.69. The maximum Gasteiger partial charge on any atom is 0.268 e. The topological polar surface area (TPSA) is 71.3 Å². The fourth-order valence-electron chi connectivity index (χ4n) is 3.47. The van der Waals surface area contributed by atoms with Crippen molar-refractivity contribution in [2.45, 2.75) is 25.8 Å². The third-order valence-corrected chi connectivity index (χ3v) is 4.97. The molecule has 5 heteroatoms. The lowest BCUT2D eigenvalue weighted by Crippen LogP contribution is -2.34. The van der Waals surface area contributed by atoms with Gasteiger partial charge in [0, 0.05) is 18.2 Å². The van der Waals surface area contributed by atoms with Crippen molar-refractivity contribution in [3.63, 3.8) is 0 Å². The average molecular weight is 386 g/mol. The van der Waals surface area contributed by atoms with Crippen LogP contribution in [-0.4, -0.2) is 11.8 Å². The number of carbonyl (C=O) groups is 2. The summed E-state index contributed by atoms with van der Waals surface area (Å²) in [6, 6.07) is 18.6. The van der Waals surface area contributed by atoms with Crippen LogP contribution in [-0.2, 0) is 24.2 Å². The van der Waals surface area contributed by atoms with Crippen molar-refractivity contribution in [2.24, 2.45) is 0 Å². The van der Waals surface area contributed by atoms with Crippen molar-refractivity contribution >= 4 is 17.9 Å². The number of hydrogen-bond donors (Lipinski definition) is 2. The monoisotopic (exact) mass is 386 g/mol. The van der Waals surface area contributed by atoms with E-state index in [0.717, 1.165) is 18.4 Å². The molecule has 0 unspecified atom stereocenters. The molecule has 2 N–H and O–H groups in total. The van der Waals surface area contributed by atoms with Crippen LogP contribution in [0.4, 0.5) is 0 Å². The highest BCUT2D eigenvalue weighted by molar-refractivity contribution is 6.05. The molecule has 4 rings (SSSR count). The highest BCUT2D eigenvalue weighted by Gasteiger charge is 2.16. The molecule has 0 saturated heterocycles. The van der Waals surface area contributed by atoms with Crippen LogP contribution in [0, 0.1) is 0 Å². The highest BCUT2D eigenvalue weighted by atomic mass is 16.3. The van der Waals surface area contributed by atoms with E-state index in [0.29, 0.717) is 17.9 Å². The minimum absolute atomic E-state index is 0.134. The predicted octanol–water partition coefficient (Wildman–Crippen LogP) is 3.86. The van der Waals surface area contributed by atoms with Gasteiger partial charge in [-0.25, -0.2) is 0 Å². The van der Waals surface area contributed by atoms with E-state index in [2.05, 4.69) is 22.8 Å². The van der Waals surface area contributed by atoms with Crippen molar-refractivity contribution in [3.8, 4) is 0 Å². The van der Waals surface area contributed by atoms with Crippen molar-refractivity contribution in [1.29, 1.82) is 0 Å². The fourth-order valence-corrected chi connectivity index (χ4v) is 3.47. The van der Waals surface area contributed by atoms with E-state index < -0.39 is 0 Å². The number of benzene rings is 2. The molecule has 5 nitrogen and oxygen atoms in total. The third kappa shape index (κ3) is 4.63. The second-order valence-corrected chi connectivity index (χ2v) is 7.03. The number of rotatable bonds is 6. The molecule has 1 aliphatic rings. The van der Waals surface area contributed by atoms with Gasteiger partial charge in [-0.3, -0.25) is 9.59 Å². The lowest BCUT2D eigenvalue weighted by molar-refractivity contribution is -0.117. The van der Waals surface area contributed by atoms with E-state index in [1.807, 2.05) is 12.1 Å². The first-order valence-corrected chi connectivity index (χ1v) is 9.69. The summed E-state index contributed by atoms with van der Waals surface area (Å²) in [5, 5.41) is 5.60. The molecule has 1 aromatic heterocycles. The van der Waals surface area contributed by atoms with Crippen molar-refractivity contribution in [3.05, 3.63) is 101 Å². The maximum absolute atomic E-state index is 12.8. The van der Waals surface area contributed by atoms with Gasteiger partial charge in [0.1, 0.15) is 11.5 Å². The quantitative estimate of drug-likeness (QED) is 0.632. The Kier molecular flexibility index (Phi) is 5.56. The van der Waals surface area contributed by atoms with E-state index in [4.69, 9.17) is 4.42 Å². The van der Waals surface area contributed by atoms with Crippen LogP contribution in [0.15, 0.2) is 77.0 Å². The summed E-state index contributed by atoms with van der Waals surface area (Å²) in [7, 11) is 0. The van der Waals surface area contributed by atoms with Crippen molar-refractivity contribution < 1.29 is 14.0 Å². The van der Waals surface area contributed by atoms with Gasteiger partial charge in [-0.2, -0.15) is 0 Å². The number of amides is 2. The Hall–Kier alpha value is -3.60. The molecule has 0 saturated carbocycles. The molecule has 2 amide bonds. The molecule has 3 aromatic rings. The molecule has 1 aliphatic carbocycles. The van der Waals surface area contributed by atoms with Gasteiger partial charge in [0.05, 0.1) is 6.26 Å². The highest BCUT2D eigenvalue weighted by Crippen LogP contribution is 2.22. The van der Waals surface area contributed by atoms with Gasteiger partial charge >= 0.3 is 0 Å². The smallest absolute Gasteiger partial charge is 0.268 e. The number of furan rings is 1. The Balaban J connectivity index is 1.48. The van der Waals surface area contributed by atoms with Gasteiger partial charge in [-0.1, -0.05) is 36.4 Å². The maximum atomic E-state index is 12.8. The summed E-state index contributed by atoms with van der Waals surface area (Å²) in [6.07, 6.45) is 6.45. The van der Waals surface area contributed by atoms with Gasteiger partial charge in [-0.15, -0.1) is 0 Å². The largest absolute Gasteiger partial charge is 0.465 e. The minimum atomic E-state index is -0.369. The summed E-state index contributed by atoms with van der Waals surface area (Å²) in [6.45, 7) is 0.392. The standard InChI is InChI=1S/C24H22N2O3/c27-23(19-6-2-1-3-7-19)26-22(15-21-10-5-13-29-21)24(28)25-16-17-11-12-18-8-4-9-20(18)14-17/h1-3,5-7,10-15H,4,8-9,16H2,(H,25,28)(H,26,27)/b22-15-. The zero-order chi connectivity index (χ0) is 20.1. The second-order valence-electron chi connectivity index (χ2n) is 7.03. The molecule has 0 radical (unpaired) electrons. The Morgan fingerprint density at radius 1 is 0.966 bits per heavy atom. The summed E-state index contributed by atoms with van der Waals surface area (Å²) < 4.78 is 5.31. The molecule has 2 aromatic carbocycles. The SMILES string of the molecule is O=C(NCc1ccc2c(c1)CCC2)/C(=C/c1ccco1)NC(=O)c1ccccc1. The molecule has 0 aliphatic heterocycles. The number of nitrogens with one attached hydrogen (secondary N) is 2. The molecule has 29 heavy (non-hydrogen) atoms. The first kappa shape index (κ1) is 18.7. The summed E-state index contributed by atoms with van der Waals surface area (Å²) in [5.74, 6) is -0.233. The van der Waals surface area contributed by atoms with E-state index in [1.54, 1.807) is 36.4 Å². The van der Waals surface area contributed by atoms with Gasteiger partial charge in [0.2, 0.25) is 0 Å². The summed E-state index contributed by atoms with van der Waals surface area (Å²) in [5.41, 5.74) is 4.42. The van der Waals surface area contributed by atoms with Crippen LogP contribution >= 0.6 is 0 Å². The lowest BCUT2D eigenvalue weighted by atomic mass is 10.1. The Morgan fingerprint density at radius 3 is 2.59 bits per heavy atom. The zero-order valence-corrected chi connectivity index (χ0v) is 16.0. The number of fused-ring (bicyclic) bond motifs is 1. The normalized spacial score (nSPS) is 13.0. The molecule has 0 bridgehead atoms. The molecule has 1 heterocycles. The molecular weight excluding hydrogens is 364 g/mol. The van der Waals surface area contributed by atoms with E-state index in [-0.39, 0.29) is 17.5 Å². The van der Waals surface area contributed by atoms with Gasteiger partial charge in [-0.05, 0) is 60.2 Å². The van der Waals surface area contributed by atoms with Crippen LogP contribution < -0.4 is 10.6 Å². The zero-order valence-electron chi connectivity index (χ0n) is 16.0. The molecule has 0 spiro atoms. The van der Waals surface area contributed by atoms with E-state index in [1.165, 1.54) is 29.9 Å². The van der Waals surface area contributed by atoms with Crippen LogP contribution in [0.3, 0.4) is 0 Å². The Morgan fingerprint density at radius 2 is 1.79 bits per heavy atom. The summed E-state index contributed by atoms with van der Waals surface area (Å²) in [4.78, 5) is 25.3. The first-order chi connectivity index (χ1) is 14.2. The number of carbonyl (C=O) groups excluding carboxylic acids is 2.